The molecular weight excluding hydrogens is 198 g/mol. The van der Waals surface area contributed by atoms with Crippen molar-refractivity contribution in [3.8, 4) is 0 Å². The van der Waals surface area contributed by atoms with E-state index in [9.17, 15) is 0 Å². The van der Waals surface area contributed by atoms with Gasteiger partial charge >= 0.3 is 0 Å². The van der Waals surface area contributed by atoms with Crippen LogP contribution in [0.3, 0.4) is 0 Å². The quantitative estimate of drug-likeness (QED) is 0.772. The Hall–Kier alpha value is -1.12. The molecule has 0 unspecified atom stereocenters. The predicted molar refractivity (Wildman–Crippen MR) is 64.0 cm³/mol. The second-order valence-corrected chi connectivity index (χ2v) is 4.55. The van der Waals surface area contributed by atoms with Gasteiger partial charge in [0.05, 0.1) is 12.2 Å². The third-order valence-corrected chi connectivity index (χ3v) is 3.46. The normalized spacial score (nSPS) is 23.4. The number of hydrogen-bond acceptors (Lipinski definition) is 2. The fraction of sp³-hybridized carbons (Fsp3) is 0.429. The highest BCUT2D eigenvalue weighted by atomic mass is 16.5. The van der Waals surface area contributed by atoms with E-state index in [1.165, 1.54) is 11.1 Å². The Morgan fingerprint density at radius 3 is 2.88 bits per heavy atom. The molecule has 2 aliphatic heterocycles. The van der Waals surface area contributed by atoms with Crippen molar-refractivity contribution in [2.45, 2.75) is 18.4 Å². The summed E-state index contributed by atoms with van der Waals surface area (Å²) in [6.07, 6.45) is 4.49. The van der Waals surface area contributed by atoms with Gasteiger partial charge in [-0.1, -0.05) is 24.3 Å². The number of rotatable bonds is 1. The SMILES string of the molecule is [c]1ccccc1C1=CC2(CCNCC2)OC1. The van der Waals surface area contributed by atoms with Crippen LogP contribution in [-0.2, 0) is 4.74 Å². The topological polar surface area (TPSA) is 21.3 Å². The van der Waals surface area contributed by atoms with Crippen LogP contribution in [0.5, 0.6) is 0 Å². The Bertz CT molecular complexity index is 390. The molecule has 2 nitrogen and oxygen atoms in total. The minimum Gasteiger partial charge on any atom is -0.366 e. The number of piperidine rings is 1. The van der Waals surface area contributed by atoms with E-state index in [2.05, 4.69) is 29.6 Å². The summed E-state index contributed by atoms with van der Waals surface area (Å²) in [4.78, 5) is 0. The van der Waals surface area contributed by atoms with Crippen LogP contribution in [0.25, 0.3) is 5.57 Å². The lowest BCUT2D eigenvalue weighted by atomic mass is 9.91. The van der Waals surface area contributed by atoms with Crippen LogP contribution >= 0.6 is 0 Å². The molecule has 0 atom stereocenters. The minimum absolute atomic E-state index is 0.00423. The van der Waals surface area contributed by atoms with Crippen molar-refractivity contribution in [1.82, 2.24) is 5.32 Å². The monoisotopic (exact) mass is 214 g/mol. The largest absolute Gasteiger partial charge is 0.366 e. The van der Waals surface area contributed by atoms with Gasteiger partial charge in [0, 0.05) is 0 Å². The number of ether oxygens (including phenoxy) is 1. The summed E-state index contributed by atoms with van der Waals surface area (Å²) in [7, 11) is 0. The summed E-state index contributed by atoms with van der Waals surface area (Å²) in [5, 5.41) is 3.37. The molecule has 0 bridgehead atoms. The van der Waals surface area contributed by atoms with E-state index < -0.39 is 0 Å². The predicted octanol–water partition coefficient (Wildman–Crippen LogP) is 2.02. The third kappa shape index (κ3) is 1.79. The maximum Gasteiger partial charge on any atom is 0.0897 e. The van der Waals surface area contributed by atoms with Crippen molar-refractivity contribution in [1.29, 1.82) is 0 Å². The van der Waals surface area contributed by atoms with Crippen LogP contribution < -0.4 is 5.32 Å². The molecule has 1 N–H and O–H groups in total. The zero-order valence-electron chi connectivity index (χ0n) is 9.33. The Balaban J connectivity index is 1.86. The molecule has 2 heterocycles. The highest BCUT2D eigenvalue weighted by Crippen LogP contribution is 2.35. The van der Waals surface area contributed by atoms with Gasteiger partial charge in [0.15, 0.2) is 0 Å². The lowest BCUT2D eigenvalue weighted by Gasteiger charge is -2.31. The van der Waals surface area contributed by atoms with Crippen LogP contribution in [0, 0.1) is 6.07 Å². The Labute approximate surface area is 96.3 Å². The molecule has 2 aliphatic rings. The first-order valence-corrected chi connectivity index (χ1v) is 5.92. The standard InChI is InChI=1S/C14H16NO/c1-2-4-12(5-3-1)13-10-14(16-11-13)6-8-15-9-7-14/h1-4,10,15H,6-9,11H2. The highest BCUT2D eigenvalue weighted by Gasteiger charge is 2.35. The molecule has 1 aromatic rings. The lowest BCUT2D eigenvalue weighted by Crippen LogP contribution is -2.40. The molecule has 0 aliphatic carbocycles. The molecule has 1 saturated heterocycles. The first kappa shape index (κ1) is 10.1. The Morgan fingerprint density at radius 2 is 2.12 bits per heavy atom. The van der Waals surface area contributed by atoms with E-state index in [0.29, 0.717) is 0 Å². The number of hydrogen-bond donors (Lipinski definition) is 1. The van der Waals surface area contributed by atoms with Crippen LogP contribution in [0.15, 0.2) is 30.3 Å². The molecule has 1 spiro atoms. The zero-order valence-corrected chi connectivity index (χ0v) is 9.33. The minimum atomic E-state index is 0.00423. The fourth-order valence-electron chi connectivity index (χ4n) is 2.51. The maximum atomic E-state index is 6.00. The van der Waals surface area contributed by atoms with Crippen molar-refractivity contribution in [3.05, 3.63) is 42.0 Å². The van der Waals surface area contributed by atoms with Gasteiger partial charge in [0.1, 0.15) is 0 Å². The van der Waals surface area contributed by atoms with Gasteiger partial charge in [-0.25, -0.2) is 0 Å². The van der Waals surface area contributed by atoms with Gasteiger partial charge in [0.25, 0.3) is 0 Å². The lowest BCUT2D eigenvalue weighted by molar-refractivity contribution is 0.00381. The smallest absolute Gasteiger partial charge is 0.0897 e. The summed E-state index contributed by atoms with van der Waals surface area (Å²) in [5.41, 5.74) is 2.48. The first-order chi connectivity index (χ1) is 7.88. The summed E-state index contributed by atoms with van der Waals surface area (Å²) < 4.78 is 6.00. The molecule has 1 aromatic carbocycles. The van der Waals surface area contributed by atoms with E-state index in [1.54, 1.807) is 0 Å². The number of benzene rings is 1. The Kier molecular flexibility index (Phi) is 2.54. The summed E-state index contributed by atoms with van der Waals surface area (Å²) >= 11 is 0. The molecule has 1 radical (unpaired) electrons. The summed E-state index contributed by atoms with van der Waals surface area (Å²) in [5.74, 6) is 0. The molecule has 83 valence electrons. The van der Waals surface area contributed by atoms with Crippen LogP contribution in [-0.4, -0.2) is 25.3 Å². The molecule has 2 heteroatoms. The summed E-state index contributed by atoms with van der Waals surface area (Å²) in [6, 6.07) is 11.4. The van der Waals surface area contributed by atoms with Gasteiger partial charge in [-0.2, -0.15) is 0 Å². The zero-order chi connectivity index (χ0) is 10.8. The van der Waals surface area contributed by atoms with Crippen molar-refractivity contribution in [2.24, 2.45) is 0 Å². The van der Waals surface area contributed by atoms with E-state index in [4.69, 9.17) is 4.74 Å². The van der Waals surface area contributed by atoms with E-state index in [1.807, 2.05) is 12.1 Å². The van der Waals surface area contributed by atoms with Gasteiger partial charge in [-0.15, -0.1) is 0 Å². The second-order valence-electron chi connectivity index (χ2n) is 4.55. The van der Waals surface area contributed by atoms with Crippen LogP contribution in [0.1, 0.15) is 18.4 Å². The van der Waals surface area contributed by atoms with Crippen molar-refractivity contribution < 1.29 is 4.74 Å². The fourth-order valence-corrected chi connectivity index (χ4v) is 2.51. The van der Waals surface area contributed by atoms with E-state index in [-0.39, 0.29) is 5.60 Å². The molecule has 3 rings (SSSR count). The average molecular weight is 214 g/mol. The average Bonchev–Trinajstić information content (AvgIpc) is 2.75. The molecule has 16 heavy (non-hydrogen) atoms. The molecule has 0 saturated carbocycles. The van der Waals surface area contributed by atoms with E-state index >= 15 is 0 Å². The van der Waals surface area contributed by atoms with Crippen molar-refractivity contribution in [2.75, 3.05) is 19.7 Å². The van der Waals surface area contributed by atoms with Crippen molar-refractivity contribution in [3.63, 3.8) is 0 Å². The van der Waals surface area contributed by atoms with Crippen LogP contribution in [0.2, 0.25) is 0 Å². The molecule has 0 amide bonds. The third-order valence-electron chi connectivity index (χ3n) is 3.46. The van der Waals surface area contributed by atoms with Gasteiger partial charge in [0.2, 0.25) is 0 Å². The highest BCUT2D eigenvalue weighted by molar-refractivity contribution is 5.68. The second kappa shape index (κ2) is 4.04. The Morgan fingerprint density at radius 1 is 1.25 bits per heavy atom. The van der Waals surface area contributed by atoms with Crippen molar-refractivity contribution >= 4 is 5.57 Å². The van der Waals surface area contributed by atoms with Gasteiger partial charge in [-0.05, 0) is 49.2 Å². The molecule has 1 fully saturated rings. The molecule has 0 aromatic heterocycles. The maximum absolute atomic E-state index is 6.00. The first-order valence-electron chi connectivity index (χ1n) is 5.92. The summed E-state index contributed by atoms with van der Waals surface area (Å²) in [6.45, 7) is 2.85. The molecular formula is C14H16NO. The van der Waals surface area contributed by atoms with Gasteiger partial charge in [-0.3, -0.25) is 0 Å². The number of nitrogens with one attached hydrogen (secondary N) is 1. The van der Waals surface area contributed by atoms with Crippen LogP contribution in [0.4, 0.5) is 0 Å². The van der Waals surface area contributed by atoms with Gasteiger partial charge < -0.3 is 10.1 Å². The van der Waals surface area contributed by atoms with E-state index in [0.717, 1.165) is 32.5 Å².